The lowest BCUT2D eigenvalue weighted by molar-refractivity contribution is -0.0201. The molecule has 7 nitrogen and oxygen atoms in total. The molecule has 0 saturated carbocycles. The summed E-state index contributed by atoms with van der Waals surface area (Å²) in [4.78, 5) is 29.0. The fourth-order valence-electron chi connectivity index (χ4n) is 3.46. The minimum Gasteiger partial charge on any atom is -0.445 e. The van der Waals surface area contributed by atoms with E-state index in [1.807, 2.05) is 51.1 Å². The topological polar surface area (TPSA) is 68.3 Å². The third-order valence-electron chi connectivity index (χ3n) is 6.42. The van der Waals surface area contributed by atoms with Gasteiger partial charge in [0, 0.05) is 13.6 Å². The quantitative estimate of drug-likeness (QED) is 0.511. The highest BCUT2D eigenvalue weighted by Crippen LogP contribution is 2.39. The van der Waals surface area contributed by atoms with Gasteiger partial charge in [-0.1, -0.05) is 51.1 Å². The molecule has 2 rings (SSSR count). The minimum absolute atomic E-state index is 0.00185. The van der Waals surface area contributed by atoms with Crippen LogP contribution in [0.25, 0.3) is 0 Å². The summed E-state index contributed by atoms with van der Waals surface area (Å²) in [7, 11) is -0.401. The van der Waals surface area contributed by atoms with Crippen molar-refractivity contribution in [3.63, 3.8) is 0 Å². The molecular formula is C25H42N2O5Si. The lowest BCUT2D eigenvalue weighted by atomic mass is 10.0. The molecule has 1 aliphatic rings. The molecule has 2 atom stereocenters. The zero-order chi connectivity index (χ0) is 25.0. The molecule has 8 heteroatoms. The number of rotatable bonds is 5. The van der Waals surface area contributed by atoms with Crippen LogP contribution >= 0.6 is 0 Å². The van der Waals surface area contributed by atoms with Crippen LogP contribution in [-0.2, 0) is 20.5 Å². The van der Waals surface area contributed by atoms with Gasteiger partial charge in [0.05, 0.1) is 18.7 Å². The van der Waals surface area contributed by atoms with Crippen molar-refractivity contribution in [2.45, 2.75) is 90.4 Å². The molecule has 1 saturated heterocycles. The molecule has 1 aromatic carbocycles. The van der Waals surface area contributed by atoms with Gasteiger partial charge >= 0.3 is 12.2 Å². The maximum Gasteiger partial charge on any atom is 0.410 e. The third-order valence-corrected chi connectivity index (χ3v) is 10.9. The Balaban J connectivity index is 2.15. The van der Waals surface area contributed by atoms with Crippen molar-refractivity contribution in [3.8, 4) is 0 Å². The predicted molar refractivity (Wildman–Crippen MR) is 133 cm³/mol. The average Bonchev–Trinajstić information content (AvgIpc) is 2.70. The third kappa shape index (κ3) is 7.74. The highest BCUT2D eigenvalue weighted by Gasteiger charge is 2.45. The van der Waals surface area contributed by atoms with Crippen molar-refractivity contribution >= 4 is 20.5 Å². The predicted octanol–water partition coefficient (Wildman–Crippen LogP) is 5.65. The molecule has 1 aromatic rings. The highest BCUT2D eigenvalue weighted by molar-refractivity contribution is 6.74. The Morgan fingerprint density at radius 2 is 1.70 bits per heavy atom. The number of carbonyl (C=O) groups is 2. The molecular weight excluding hydrogens is 436 g/mol. The van der Waals surface area contributed by atoms with Gasteiger partial charge < -0.3 is 23.7 Å². The number of likely N-dealkylation sites (N-methyl/N-ethyl adjacent to an activating group) is 1. The summed E-state index contributed by atoms with van der Waals surface area (Å²) < 4.78 is 17.9. The molecule has 0 radical (unpaired) electrons. The van der Waals surface area contributed by atoms with Crippen LogP contribution in [0.2, 0.25) is 18.1 Å². The van der Waals surface area contributed by atoms with Crippen LogP contribution in [0.5, 0.6) is 0 Å². The van der Waals surface area contributed by atoms with Crippen molar-refractivity contribution < 1.29 is 23.5 Å². The number of amides is 2. The Kier molecular flexibility index (Phi) is 8.62. The first-order valence-corrected chi connectivity index (χ1v) is 14.6. The average molecular weight is 479 g/mol. The fraction of sp³-hybridized carbons (Fsp3) is 0.680. The van der Waals surface area contributed by atoms with Crippen LogP contribution in [0.3, 0.4) is 0 Å². The molecule has 0 spiro atoms. The standard InChI is InChI=1S/C25H42N2O5Si/c1-24(2,3)31-22(28)26(7)20-15-16-27(17-21(20)32-33(8,9)25(4,5)6)23(29)30-18-19-13-11-10-12-14-19/h10-14,20-21H,15-18H2,1-9H3. The SMILES string of the molecule is CN(C(=O)OC(C)(C)C)C1CCN(C(=O)OCc2ccccc2)CC1O[Si](C)(C)C(C)(C)C. The summed E-state index contributed by atoms with van der Waals surface area (Å²) in [6.07, 6.45) is -0.464. The first-order valence-electron chi connectivity index (χ1n) is 11.7. The molecule has 2 unspecified atom stereocenters. The lowest BCUT2D eigenvalue weighted by Crippen LogP contribution is -2.60. The number of piperidine rings is 1. The van der Waals surface area contributed by atoms with Crippen LogP contribution in [0.1, 0.15) is 53.5 Å². The first-order chi connectivity index (χ1) is 15.1. The molecule has 0 bridgehead atoms. The van der Waals surface area contributed by atoms with Gasteiger partial charge in [-0.15, -0.1) is 0 Å². The van der Waals surface area contributed by atoms with Crippen LogP contribution < -0.4 is 0 Å². The fourth-order valence-corrected chi connectivity index (χ4v) is 4.81. The second-order valence-corrected chi connectivity index (χ2v) is 16.1. The van der Waals surface area contributed by atoms with Gasteiger partial charge in [-0.2, -0.15) is 0 Å². The van der Waals surface area contributed by atoms with E-state index in [0.29, 0.717) is 19.5 Å². The number of hydrogen-bond acceptors (Lipinski definition) is 5. The van der Waals surface area contributed by atoms with E-state index in [9.17, 15) is 9.59 Å². The van der Waals surface area contributed by atoms with Gasteiger partial charge in [0.25, 0.3) is 0 Å². The Morgan fingerprint density at radius 1 is 1.09 bits per heavy atom. The van der Waals surface area contributed by atoms with Crippen molar-refractivity contribution in [3.05, 3.63) is 35.9 Å². The monoisotopic (exact) mass is 478 g/mol. The highest BCUT2D eigenvalue weighted by atomic mass is 28.4. The van der Waals surface area contributed by atoms with Gasteiger partial charge in [0.2, 0.25) is 0 Å². The van der Waals surface area contributed by atoms with Gasteiger partial charge in [0.15, 0.2) is 8.32 Å². The van der Waals surface area contributed by atoms with E-state index in [0.717, 1.165) is 5.56 Å². The van der Waals surface area contributed by atoms with E-state index in [1.165, 1.54) is 0 Å². The van der Waals surface area contributed by atoms with Crippen LogP contribution in [-0.4, -0.2) is 68.2 Å². The van der Waals surface area contributed by atoms with E-state index >= 15 is 0 Å². The molecule has 1 aliphatic heterocycles. The molecule has 1 fully saturated rings. The molecule has 0 aliphatic carbocycles. The molecule has 1 heterocycles. The number of nitrogens with zero attached hydrogens (tertiary/aromatic N) is 2. The molecule has 0 N–H and O–H groups in total. The van der Waals surface area contributed by atoms with E-state index in [1.54, 1.807) is 16.8 Å². The Labute approximate surface area is 200 Å². The molecule has 2 amide bonds. The number of carbonyl (C=O) groups excluding carboxylic acids is 2. The summed E-state index contributed by atoms with van der Waals surface area (Å²) in [5.74, 6) is 0. The van der Waals surface area contributed by atoms with Gasteiger partial charge in [-0.25, -0.2) is 9.59 Å². The second kappa shape index (κ2) is 10.5. The largest absolute Gasteiger partial charge is 0.445 e. The number of ether oxygens (including phenoxy) is 2. The lowest BCUT2D eigenvalue weighted by Gasteiger charge is -2.47. The number of likely N-dealkylation sites (tertiary alicyclic amines) is 1. The smallest absolute Gasteiger partial charge is 0.410 e. The van der Waals surface area contributed by atoms with E-state index < -0.39 is 13.9 Å². The number of benzene rings is 1. The van der Waals surface area contributed by atoms with Crippen molar-refractivity contribution in [2.24, 2.45) is 0 Å². The Morgan fingerprint density at radius 3 is 2.24 bits per heavy atom. The van der Waals surface area contributed by atoms with E-state index in [4.69, 9.17) is 13.9 Å². The van der Waals surface area contributed by atoms with Gasteiger partial charge in [-0.3, -0.25) is 0 Å². The van der Waals surface area contributed by atoms with E-state index in [2.05, 4.69) is 33.9 Å². The summed E-state index contributed by atoms with van der Waals surface area (Å²) in [6.45, 7) is 17.6. The van der Waals surface area contributed by atoms with Crippen LogP contribution in [0.4, 0.5) is 9.59 Å². The molecule has 33 heavy (non-hydrogen) atoms. The summed E-state index contributed by atoms with van der Waals surface area (Å²) >= 11 is 0. The second-order valence-electron chi connectivity index (χ2n) is 11.4. The maximum atomic E-state index is 12.8. The first kappa shape index (κ1) is 27.2. The zero-order valence-electron chi connectivity index (χ0n) is 21.8. The normalized spacial score (nSPS) is 19.7. The minimum atomic E-state index is -2.15. The van der Waals surface area contributed by atoms with Gasteiger partial charge in [-0.05, 0) is 50.9 Å². The maximum absolute atomic E-state index is 12.8. The van der Waals surface area contributed by atoms with E-state index in [-0.39, 0.29) is 36.0 Å². The van der Waals surface area contributed by atoms with Crippen molar-refractivity contribution in [1.82, 2.24) is 9.80 Å². The summed E-state index contributed by atoms with van der Waals surface area (Å²) in [6, 6.07) is 9.44. The van der Waals surface area contributed by atoms with Crippen molar-refractivity contribution in [2.75, 3.05) is 20.1 Å². The Hall–Kier alpha value is -2.06. The molecule has 0 aromatic heterocycles. The number of hydrogen-bond donors (Lipinski definition) is 0. The summed E-state index contributed by atoms with van der Waals surface area (Å²) in [5, 5.41) is -0.00185. The van der Waals surface area contributed by atoms with Crippen LogP contribution in [0.15, 0.2) is 30.3 Å². The van der Waals surface area contributed by atoms with Crippen LogP contribution in [0, 0.1) is 0 Å². The van der Waals surface area contributed by atoms with Crippen molar-refractivity contribution in [1.29, 1.82) is 0 Å². The zero-order valence-corrected chi connectivity index (χ0v) is 22.8. The summed E-state index contributed by atoms with van der Waals surface area (Å²) in [5.41, 5.74) is 0.364. The Bertz CT molecular complexity index is 801. The van der Waals surface area contributed by atoms with Gasteiger partial charge in [0.1, 0.15) is 12.2 Å². The molecule has 186 valence electrons.